The topological polar surface area (TPSA) is 62.2 Å². The molecule has 0 fully saturated rings. The van der Waals surface area contributed by atoms with Crippen LogP contribution in [-0.2, 0) is 21.2 Å². The zero-order valence-corrected chi connectivity index (χ0v) is 29.5. The Morgan fingerprint density at radius 1 is 1.07 bits per heavy atom. The van der Waals surface area contributed by atoms with Gasteiger partial charge in [0.2, 0.25) is 10.0 Å². The number of nitrogens with zero attached hydrogens (tertiary/aromatic N) is 4. The van der Waals surface area contributed by atoms with Crippen molar-refractivity contribution in [3.05, 3.63) is 88.2 Å². The first-order valence-electron chi connectivity index (χ1n) is 14.8. The van der Waals surface area contributed by atoms with Gasteiger partial charge < -0.3 is 14.1 Å². The average Bonchev–Trinajstić information content (AvgIpc) is 3.41. The van der Waals surface area contributed by atoms with Gasteiger partial charge in [-0.3, -0.25) is 4.99 Å². The molecular weight excluding hydrogens is 657 g/mol. The molecule has 0 aromatic heterocycles. The zero-order chi connectivity index (χ0) is 34.0. The number of quaternary nitrogens is 1. The number of aliphatic imine (C=N–C) groups is 1. The molecule has 250 valence electrons. The van der Waals surface area contributed by atoms with Crippen LogP contribution in [0.2, 0.25) is 5.02 Å². The number of rotatable bonds is 12. The Hall–Kier alpha value is -2.77. The molecule has 1 heterocycles. The van der Waals surface area contributed by atoms with Crippen molar-refractivity contribution in [2.45, 2.75) is 42.4 Å². The van der Waals surface area contributed by atoms with E-state index in [4.69, 9.17) is 21.3 Å². The summed E-state index contributed by atoms with van der Waals surface area (Å²) in [4.78, 5) is 6.55. The molecule has 13 heteroatoms. The molecule has 0 radical (unpaired) electrons. The summed E-state index contributed by atoms with van der Waals surface area (Å²) in [7, 11) is 5.01. The Morgan fingerprint density at radius 3 is 2.35 bits per heavy atom. The lowest BCUT2D eigenvalue weighted by Crippen LogP contribution is -2.48. The predicted octanol–water partition coefficient (Wildman–Crippen LogP) is 6.94. The van der Waals surface area contributed by atoms with Crippen molar-refractivity contribution in [3.8, 4) is 5.75 Å². The first kappa shape index (κ1) is 36.1. The number of hydrogen-bond donors (Lipinski definition) is 0. The third kappa shape index (κ3) is 8.02. The summed E-state index contributed by atoms with van der Waals surface area (Å²) in [6, 6.07) is 12.8. The highest BCUT2D eigenvalue weighted by Gasteiger charge is 2.42. The van der Waals surface area contributed by atoms with Crippen molar-refractivity contribution < 1.29 is 30.8 Å². The highest BCUT2D eigenvalue weighted by Crippen LogP contribution is 2.40. The number of halogens is 4. The van der Waals surface area contributed by atoms with Crippen LogP contribution in [0.15, 0.2) is 64.5 Å². The standard InChI is InChI=1S/C33H41ClF3N4O3S2/c1-33(2,22-9-14-28(36)30(17-22)44-7)31-20-38-32(40(31)24-12-10-23(35)11-13-24)45-21-26-27(34)18-25(19-29(26)37)46(42,43)39(3)15-8-16-41(4,5)6/h9-14,17-19,31H,8,15-16,20-21H2,1-7H3/q+1. The van der Waals surface area contributed by atoms with E-state index in [1.54, 1.807) is 24.3 Å². The normalized spacial score (nSPS) is 15.9. The summed E-state index contributed by atoms with van der Waals surface area (Å²) in [5, 5.41) is 0.552. The fraction of sp³-hybridized carbons (Fsp3) is 0.424. The number of anilines is 1. The molecule has 0 saturated heterocycles. The van der Waals surface area contributed by atoms with E-state index >= 15 is 4.39 Å². The molecule has 1 aliphatic heterocycles. The van der Waals surface area contributed by atoms with Crippen LogP contribution in [0.25, 0.3) is 0 Å². The maximum Gasteiger partial charge on any atom is 0.242 e. The van der Waals surface area contributed by atoms with Gasteiger partial charge in [-0.2, -0.15) is 0 Å². The van der Waals surface area contributed by atoms with E-state index in [9.17, 15) is 17.2 Å². The smallest absolute Gasteiger partial charge is 0.242 e. The van der Waals surface area contributed by atoms with Crippen LogP contribution in [-0.4, -0.2) is 83.4 Å². The van der Waals surface area contributed by atoms with Crippen LogP contribution in [0.3, 0.4) is 0 Å². The lowest BCUT2D eigenvalue weighted by atomic mass is 9.77. The lowest BCUT2D eigenvalue weighted by Gasteiger charge is -2.39. The molecule has 1 unspecified atom stereocenters. The van der Waals surface area contributed by atoms with Gasteiger partial charge in [0.25, 0.3) is 0 Å². The average molecular weight is 698 g/mol. The molecule has 0 aliphatic carbocycles. The molecule has 3 aromatic rings. The minimum absolute atomic E-state index is 0.00644. The van der Waals surface area contributed by atoms with Crippen molar-refractivity contribution in [2.24, 2.45) is 4.99 Å². The Labute approximate surface area is 279 Å². The summed E-state index contributed by atoms with van der Waals surface area (Å²) in [6.07, 6.45) is 0.642. The van der Waals surface area contributed by atoms with Gasteiger partial charge in [-0.25, -0.2) is 25.9 Å². The van der Waals surface area contributed by atoms with E-state index < -0.39 is 32.9 Å². The molecule has 4 rings (SSSR count). The molecule has 0 bridgehead atoms. The minimum Gasteiger partial charge on any atom is -0.494 e. The number of ether oxygens (including phenoxy) is 1. The Bertz CT molecular complexity index is 1670. The molecule has 3 aromatic carbocycles. The van der Waals surface area contributed by atoms with E-state index in [1.165, 1.54) is 54.5 Å². The highest BCUT2D eigenvalue weighted by atomic mass is 35.5. The number of thioether (sulfide) groups is 1. The van der Waals surface area contributed by atoms with Gasteiger partial charge in [0, 0.05) is 47.5 Å². The fourth-order valence-corrected chi connectivity index (χ4v) is 8.11. The van der Waals surface area contributed by atoms with Crippen molar-refractivity contribution in [1.29, 1.82) is 0 Å². The van der Waals surface area contributed by atoms with Gasteiger partial charge >= 0.3 is 0 Å². The summed E-state index contributed by atoms with van der Waals surface area (Å²) in [5.41, 5.74) is 1.06. The van der Waals surface area contributed by atoms with Crippen LogP contribution < -0.4 is 9.64 Å². The molecule has 1 aliphatic rings. The summed E-state index contributed by atoms with van der Waals surface area (Å²) in [5.74, 6) is -1.41. The van der Waals surface area contributed by atoms with E-state index in [0.717, 1.165) is 18.2 Å². The fourth-order valence-electron chi connectivity index (χ4n) is 5.34. The van der Waals surface area contributed by atoms with E-state index in [1.807, 2.05) is 39.9 Å². The van der Waals surface area contributed by atoms with Gasteiger partial charge in [0.1, 0.15) is 11.6 Å². The summed E-state index contributed by atoms with van der Waals surface area (Å²) in [6.45, 7) is 5.45. The first-order chi connectivity index (χ1) is 21.5. The van der Waals surface area contributed by atoms with E-state index in [0.29, 0.717) is 28.3 Å². The monoisotopic (exact) mass is 697 g/mol. The summed E-state index contributed by atoms with van der Waals surface area (Å²) >= 11 is 7.75. The third-order valence-corrected chi connectivity index (χ3v) is 11.4. The van der Waals surface area contributed by atoms with Crippen molar-refractivity contribution in [3.63, 3.8) is 0 Å². The van der Waals surface area contributed by atoms with Crippen molar-refractivity contribution in [2.75, 3.05) is 59.8 Å². The Balaban J connectivity index is 1.58. The van der Waals surface area contributed by atoms with E-state index in [-0.39, 0.29) is 39.6 Å². The molecule has 0 N–H and O–H groups in total. The molecule has 0 amide bonds. The molecule has 1 atom stereocenters. The van der Waals surface area contributed by atoms with Gasteiger partial charge in [-0.05, 0) is 54.1 Å². The largest absolute Gasteiger partial charge is 0.494 e. The van der Waals surface area contributed by atoms with E-state index in [2.05, 4.69) is 0 Å². The minimum atomic E-state index is -3.96. The molecule has 0 spiro atoms. The molecule has 7 nitrogen and oxygen atoms in total. The number of benzene rings is 3. The maximum atomic E-state index is 15.5. The van der Waals surface area contributed by atoms with Gasteiger partial charge in [-0.15, -0.1) is 0 Å². The SMILES string of the molecule is COc1cc(C(C)(C)C2CN=C(SCc3c(F)cc(S(=O)(=O)N(C)CCC[N+](C)(C)C)cc3Cl)N2c2ccc(F)cc2)ccc1F. The second-order valence-corrected chi connectivity index (χ2v) is 16.3. The van der Waals surface area contributed by atoms with Crippen molar-refractivity contribution in [1.82, 2.24) is 4.31 Å². The molecule has 46 heavy (non-hydrogen) atoms. The second kappa shape index (κ2) is 14.1. The van der Waals surface area contributed by atoms with Gasteiger partial charge in [-0.1, -0.05) is 43.3 Å². The third-order valence-electron chi connectivity index (χ3n) is 8.22. The van der Waals surface area contributed by atoms with Crippen LogP contribution in [0.1, 0.15) is 31.4 Å². The molecular formula is C33H41ClF3N4O3S2+. The quantitative estimate of drug-likeness (QED) is 0.192. The van der Waals surface area contributed by atoms with Crippen molar-refractivity contribution >= 4 is 44.2 Å². The second-order valence-electron chi connectivity index (χ2n) is 12.9. The zero-order valence-electron chi connectivity index (χ0n) is 27.2. The van der Waals surface area contributed by atoms with Crippen LogP contribution >= 0.6 is 23.4 Å². The lowest BCUT2D eigenvalue weighted by molar-refractivity contribution is -0.870. The van der Waals surface area contributed by atoms with Crippen LogP contribution in [0, 0.1) is 17.5 Å². The maximum absolute atomic E-state index is 15.5. The van der Waals surface area contributed by atoms with Gasteiger partial charge in [0.15, 0.2) is 16.7 Å². The number of hydrogen-bond acceptors (Lipinski definition) is 6. The predicted molar refractivity (Wildman–Crippen MR) is 181 cm³/mol. The summed E-state index contributed by atoms with van der Waals surface area (Å²) < 4.78 is 77.2. The first-order valence-corrected chi connectivity index (χ1v) is 17.6. The molecule has 0 saturated carbocycles. The van der Waals surface area contributed by atoms with Crippen LogP contribution in [0.4, 0.5) is 18.9 Å². The number of amidine groups is 1. The van der Waals surface area contributed by atoms with Crippen LogP contribution in [0.5, 0.6) is 5.75 Å². The number of sulfonamides is 1. The number of methoxy groups -OCH3 is 1. The highest BCUT2D eigenvalue weighted by molar-refractivity contribution is 8.13. The Kier molecular flexibility index (Phi) is 11.1. The Morgan fingerprint density at radius 2 is 1.74 bits per heavy atom. The van der Waals surface area contributed by atoms with Gasteiger partial charge in [0.05, 0.1) is 52.3 Å².